The van der Waals surface area contributed by atoms with Crippen molar-refractivity contribution in [1.82, 2.24) is 4.90 Å². The lowest BCUT2D eigenvalue weighted by atomic mass is 9.95. The highest BCUT2D eigenvalue weighted by atomic mass is 16.5. The van der Waals surface area contributed by atoms with Crippen molar-refractivity contribution in [2.45, 2.75) is 26.1 Å². The summed E-state index contributed by atoms with van der Waals surface area (Å²) in [6.45, 7) is 2.41. The molecule has 2 N–H and O–H groups in total. The molecule has 1 amide bonds. The molecule has 8 nitrogen and oxygen atoms in total. The van der Waals surface area contributed by atoms with E-state index < -0.39 is 17.7 Å². The normalized spacial score (nSPS) is 16.5. The van der Waals surface area contributed by atoms with E-state index in [0.717, 1.165) is 11.1 Å². The zero-order valence-electron chi connectivity index (χ0n) is 21.5. The first kappa shape index (κ1) is 25.7. The van der Waals surface area contributed by atoms with Crippen LogP contribution in [0, 0.1) is 6.92 Å². The highest BCUT2D eigenvalue weighted by molar-refractivity contribution is 6.46. The molecule has 2 heterocycles. The minimum absolute atomic E-state index is 0.00789. The van der Waals surface area contributed by atoms with Gasteiger partial charge in [0.2, 0.25) is 0 Å². The van der Waals surface area contributed by atoms with Crippen molar-refractivity contribution in [2.24, 2.45) is 0 Å². The lowest BCUT2D eigenvalue weighted by molar-refractivity contribution is -0.140. The van der Waals surface area contributed by atoms with Crippen molar-refractivity contribution in [3.05, 3.63) is 119 Å². The Morgan fingerprint density at radius 3 is 2.49 bits per heavy atom. The fourth-order valence-corrected chi connectivity index (χ4v) is 4.66. The van der Waals surface area contributed by atoms with E-state index in [-0.39, 0.29) is 29.4 Å². The van der Waals surface area contributed by atoms with Crippen LogP contribution in [0.4, 0.5) is 0 Å². The number of Topliss-reactive ketones (excluding diaryl/α,β-unsaturated/α-hetero) is 1. The van der Waals surface area contributed by atoms with Crippen LogP contribution in [0.25, 0.3) is 5.76 Å². The molecule has 1 fully saturated rings. The lowest BCUT2D eigenvalue weighted by Gasteiger charge is -2.25. The van der Waals surface area contributed by atoms with Gasteiger partial charge in [0, 0.05) is 5.56 Å². The molecule has 1 saturated heterocycles. The van der Waals surface area contributed by atoms with Crippen LogP contribution in [0.15, 0.2) is 95.1 Å². The zero-order valence-corrected chi connectivity index (χ0v) is 21.5. The van der Waals surface area contributed by atoms with Gasteiger partial charge in [-0.25, -0.2) is 0 Å². The van der Waals surface area contributed by atoms with Gasteiger partial charge in [0.1, 0.15) is 23.9 Å². The monoisotopic (exact) mass is 525 g/mol. The smallest absolute Gasteiger partial charge is 0.296 e. The maximum Gasteiger partial charge on any atom is 0.296 e. The van der Waals surface area contributed by atoms with E-state index in [1.807, 2.05) is 31.2 Å². The van der Waals surface area contributed by atoms with Crippen LogP contribution in [-0.4, -0.2) is 33.9 Å². The van der Waals surface area contributed by atoms with Gasteiger partial charge in [-0.1, -0.05) is 35.9 Å². The number of benzene rings is 3. The number of ketones is 1. The van der Waals surface area contributed by atoms with E-state index in [1.165, 1.54) is 30.4 Å². The van der Waals surface area contributed by atoms with Crippen molar-refractivity contribution in [2.75, 3.05) is 7.11 Å². The number of aliphatic hydroxyl groups excluding tert-OH is 1. The Morgan fingerprint density at radius 1 is 1.00 bits per heavy atom. The highest BCUT2D eigenvalue weighted by Gasteiger charge is 2.46. The Labute approximate surface area is 225 Å². The third kappa shape index (κ3) is 5.22. The molecule has 3 aromatic carbocycles. The fourth-order valence-electron chi connectivity index (χ4n) is 4.66. The molecule has 39 heavy (non-hydrogen) atoms. The number of phenols is 1. The van der Waals surface area contributed by atoms with Gasteiger partial charge in [0.25, 0.3) is 11.7 Å². The van der Waals surface area contributed by atoms with Crippen LogP contribution in [-0.2, 0) is 22.7 Å². The maximum atomic E-state index is 13.3. The number of likely N-dealkylation sites (tertiary alicyclic amines) is 1. The number of aryl methyl sites for hydroxylation is 1. The molecular formula is C31H27NO7. The van der Waals surface area contributed by atoms with E-state index >= 15 is 0 Å². The van der Waals surface area contributed by atoms with Crippen molar-refractivity contribution < 1.29 is 33.7 Å². The molecule has 5 rings (SSSR count). The number of rotatable bonds is 8. The van der Waals surface area contributed by atoms with Crippen LogP contribution in [0.5, 0.6) is 17.2 Å². The average Bonchev–Trinajstić information content (AvgIpc) is 3.55. The standard InChI is InChI=1S/C31H27NO7/c1-19-5-3-6-20(15-19)18-39-23-11-8-21(9-12-23)29(34)27-28(22-10-13-25(33)26(16-22)37-2)32(31(36)30(27)35)17-24-7-4-14-38-24/h3-16,28,33-34H,17-18H2,1-2H3/t28-/m0/s1. The van der Waals surface area contributed by atoms with E-state index in [4.69, 9.17) is 13.9 Å². The van der Waals surface area contributed by atoms with Crippen LogP contribution in [0.3, 0.4) is 0 Å². The Balaban J connectivity index is 1.49. The van der Waals surface area contributed by atoms with E-state index in [9.17, 15) is 19.8 Å². The molecule has 0 spiro atoms. The molecule has 0 aliphatic carbocycles. The number of carbonyl (C=O) groups is 2. The molecule has 0 bridgehead atoms. The summed E-state index contributed by atoms with van der Waals surface area (Å²) in [6.07, 6.45) is 1.48. The summed E-state index contributed by atoms with van der Waals surface area (Å²) in [4.78, 5) is 27.8. The molecule has 1 atom stereocenters. The first-order chi connectivity index (χ1) is 18.9. The number of carbonyl (C=O) groups excluding carboxylic acids is 2. The van der Waals surface area contributed by atoms with Crippen LogP contribution < -0.4 is 9.47 Å². The Morgan fingerprint density at radius 2 is 1.79 bits per heavy atom. The Kier molecular flexibility index (Phi) is 7.10. The Hall–Kier alpha value is -4.98. The number of hydrogen-bond acceptors (Lipinski definition) is 7. The first-order valence-corrected chi connectivity index (χ1v) is 12.3. The molecule has 4 aromatic rings. The molecule has 1 aliphatic heterocycles. The van der Waals surface area contributed by atoms with Gasteiger partial charge >= 0.3 is 0 Å². The lowest BCUT2D eigenvalue weighted by Crippen LogP contribution is -2.29. The summed E-state index contributed by atoms with van der Waals surface area (Å²) in [5.74, 6) is -0.776. The topological polar surface area (TPSA) is 109 Å². The number of phenolic OH excluding ortho intramolecular Hbond substituents is 1. The van der Waals surface area contributed by atoms with Crippen molar-refractivity contribution in [3.8, 4) is 17.2 Å². The largest absolute Gasteiger partial charge is 0.507 e. The van der Waals surface area contributed by atoms with Crippen LogP contribution >= 0.6 is 0 Å². The van der Waals surface area contributed by atoms with Gasteiger partial charge < -0.3 is 29.0 Å². The molecule has 198 valence electrons. The molecule has 0 saturated carbocycles. The average molecular weight is 526 g/mol. The minimum Gasteiger partial charge on any atom is -0.507 e. The summed E-state index contributed by atoms with van der Waals surface area (Å²) in [5.41, 5.74) is 2.93. The number of nitrogens with zero attached hydrogens (tertiary/aromatic N) is 1. The van der Waals surface area contributed by atoms with E-state index in [0.29, 0.717) is 29.2 Å². The SMILES string of the molecule is COc1cc([C@H]2C(=C(O)c3ccc(OCc4cccc(C)c4)cc3)C(=O)C(=O)N2Cc2ccco2)ccc1O. The van der Waals surface area contributed by atoms with Crippen molar-refractivity contribution in [1.29, 1.82) is 0 Å². The number of amides is 1. The van der Waals surface area contributed by atoms with E-state index in [1.54, 1.807) is 42.5 Å². The third-order valence-corrected chi connectivity index (χ3v) is 6.58. The molecule has 0 radical (unpaired) electrons. The minimum atomic E-state index is -0.943. The summed E-state index contributed by atoms with van der Waals surface area (Å²) < 4.78 is 16.5. The second-order valence-electron chi connectivity index (χ2n) is 9.24. The molecule has 0 unspecified atom stereocenters. The first-order valence-electron chi connectivity index (χ1n) is 12.3. The fraction of sp³-hybridized carbons (Fsp3) is 0.161. The van der Waals surface area contributed by atoms with Gasteiger partial charge in [-0.2, -0.15) is 0 Å². The predicted octanol–water partition coefficient (Wildman–Crippen LogP) is 5.50. The second-order valence-corrected chi connectivity index (χ2v) is 9.24. The van der Waals surface area contributed by atoms with Crippen molar-refractivity contribution >= 4 is 17.4 Å². The molecule has 8 heteroatoms. The zero-order chi connectivity index (χ0) is 27.5. The molecular weight excluding hydrogens is 498 g/mol. The van der Waals surface area contributed by atoms with Gasteiger partial charge in [0.15, 0.2) is 11.5 Å². The number of aliphatic hydroxyl groups is 1. The summed E-state index contributed by atoms with van der Waals surface area (Å²) in [5, 5.41) is 21.4. The van der Waals surface area contributed by atoms with Gasteiger partial charge in [-0.3, -0.25) is 9.59 Å². The number of aromatic hydroxyl groups is 1. The number of furan rings is 1. The van der Waals surface area contributed by atoms with Crippen molar-refractivity contribution in [3.63, 3.8) is 0 Å². The quantitative estimate of drug-likeness (QED) is 0.178. The highest BCUT2D eigenvalue weighted by Crippen LogP contribution is 2.42. The Bertz CT molecular complexity index is 1540. The molecule has 1 aromatic heterocycles. The molecule has 1 aliphatic rings. The van der Waals surface area contributed by atoms with Gasteiger partial charge in [-0.15, -0.1) is 0 Å². The second kappa shape index (κ2) is 10.8. The number of hydrogen-bond donors (Lipinski definition) is 2. The van der Waals surface area contributed by atoms with Crippen LogP contribution in [0.2, 0.25) is 0 Å². The van der Waals surface area contributed by atoms with Crippen LogP contribution in [0.1, 0.15) is 34.1 Å². The predicted molar refractivity (Wildman–Crippen MR) is 143 cm³/mol. The summed E-state index contributed by atoms with van der Waals surface area (Å²) >= 11 is 0. The summed E-state index contributed by atoms with van der Waals surface area (Å²) in [6, 6.07) is 21.6. The number of ether oxygens (including phenoxy) is 2. The van der Waals surface area contributed by atoms with E-state index in [2.05, 4.69) is 0 Å². The third-order valence-electron chi connectivity index (χ3n) is 6.58. The summed E-state index contributed by atoms with van der Waals surface area (Å²) in [7, 11) is 1.40. The van der Waals surface area contributed by atoms with Gasteiger partial charge in [-0.05, 0) is 66.6 Å². The maximum absolute atomic E-state index is 13.3. The van der Waals surface area contributed by atoms with Gasteiger partial charge in [0.05, 0.1) is 31.5 Å². The number of methoxy groups -OCH3 is 1.